The van der Waals surface area contributed by atoms with E-state index in [2.05, 4.69) is 16.0 Å². The lowest BCUT2D eigenvalue weighted by molar-refractivity contribution is -0.142. The van der Waals surface area contributed by atoms with Crippen molar-refractivity contribution < 1.29 is 29.4 Å². The van der Waals surface area contributed by atoms with Crippen LogP contribution in [0.2, 0.25) is 0 Å². The maximum Gasteiger partial charge on any atom is 0.325 e. The molecule has 11 nitrogen and oxygen atoms in total. The van der Waals surface area contributed by atoms with Gasteiger partial charge in [0.05, 0.1) is 12.1 Å². The molecule has 0 fully saturated rings. The van der Waals surface area contributed by atoms with Crippen LogP contribution in [-0.4, -0.2) is 70.7 Å². The first-order valence-electron chi connectivity index (χ1n) is 10.9. The zero-order valence-corrected chi connectivity index (χ0v) is 19.0. The van der Waals surface area contributed by atoms with Crippen molar-refractivity contribution >= 4 is 23.7 Å². The van der Waals surface area contributed by atoms with Crippen molar-refractivity contribution in [3.05, 3.63) is 35.9 Å². The molecule has 0 aliphatic rings. The van der Waals surface area contributed by atoms with E-state index in [-0.39, 0.29) is 12.8 Å². The molecule has 0 saturated heterocycles. The van der Waals surface area contributed by atoms with E-state index in [1.807, 2.05) is 30.3 Å². The van der Waals surface area contributed by atoms with Gasteiger partial charge in [-0.3, -0.25) is 19.2 Å². The SMILES string of the molecule is CC(NC(=O)C(NC(=O)C(CCCCN)NC(=O)C(N)Cc1ccccc1)C(C)O)C(=O)O. The van der Waals surface area contributed by atoms with Gasteiger partial charge in [0.15, 0.2) is 0 Å². The Bertz CT molecular complexity index is 789. The lowest BCUT2D eigenvalue weighted by atomic mass is 10.0. The average Bonchev–Trinajstić information content (AvgIpc) is 2.76. The number of aliphatic hydroxyl groups is 1. The molecule has 1 aromatic rings. The van der Waals surface area contributed by atoms with Gasteiger partial charge >= 0.3 is 5.97 Å². The highest BCUT2D eigenvalue weighted by Gasteiger charge is 2.31. The molecule has 1 rings (SSSR count). The molecule has 0 spiro atoms. The molecule has 9 N–H and O–H groups in total. The highest BCUT2D eigenvalue weighted by Crippen LogP contribution is 2.06. The second-order valence-electron chi connectivity index (χ2n) is 7.94. The minimum Gasteiger partial charge on any atom is -0.480 e. The molecule has 5 atom stereocenters. The van der Waals surface area contributed by atoms with Crippen LogP contribution in [0.4, 0.5) is 0 Å². The van der Waals surface area contributed by atoms with Crippen LogP contribution >= 0.6 is 0 Å². The summed E-state index contributed by atoms with van der Waals surface area (Å²) in [6.07, 6.45) is 0.356. The summed E-state index contributed by atoms with van der Waals surface area (Å²) < 4.78 is 0. The fourth-order valence-electron chi connectivity index (χ4n) is 3.03. The van der Waals surface area contributed by atoms with Crippen molar-refractivity contribution in [3.63, 3.8) is 0 Å². The predicted molar refractivity (Wildman–Crippen MR) is 122 cm³/mol. The topological polar surface area (TPSA) is 197 Å². The number of nitrogens with two attached hydrogens (primary N) is 2. The van der Waals surface area contributed by atoms with Gasteiger partial charge in [-0.1, -0.05) is 30.3 Å². The fourth-order valence-corrected chi connectivity index (χ4v) is 3.03. The number of benzene rings is 1. The van der Waals surface area contributed by atoms with Gasteiger partial charge < -0.3 is 37.6 Å². The minimum atomic E-state index is -1.41. The summed E-state index contributed by atoms with van der Waals surface area (Å²) in [5, 5.41) is 26.2. The normalized spacial score (nSPS) is 15.4. The molecule has 33 heavy (non-hydrogen) atoms. The lowest BCUT2D eigenvalue weighted by Crippen LogP contribution is -2.59. The summed E-state index contributed by atoms with van der Waals surface area (Å²) in [5.41, 5.74) is 12.4. The van der Waals surface area contributed by atoms with E-state index in [0.717, 1.165) is 5.56 Å². The van der Waals surface area contributed by atoms with Gasteiger partial charge in [0.2, 0.25) is 17.7 Å². The summed E-state index contributed by atoms with van der Waals surface area (Å²) in [6.45, 7) is 2.94. The standard InChI is InChI=1S/C22H35N5O6/c1-13(22(32)33)25-21(31)18(14(2)28)27-20(30)17(10-6-7-11-23)26-19(29)16(24)12-15-8-4-3-5-9-15/h3-5,8-9,13-14,16-18,28H,6-7,10-12,23-24H2,1-2H3,(H,25,31)(H,26,29)(H,27,30)(H,32,33). The number of aliphatic carboxylic acids is 1. The number of hydrogen-bond donors (Lipinski definition) is 7. The molecule has 0 aromatic heterocycles. The Labute approximate surface area is 193 Å². The molecule has 0 bridgehead atoms. The number of carbonyl (C=O) groups is 4. The highest BCUT2D eigenvalue weighted by atomic mass is 16.4. The fraction of sp³-hybridized carbons (Fsp3) is 0.545. The molecule has 3 amide bonds. The van der Waals surface area contributed by atoms with Crippen LogP contribution in [0.3, 0.4) is 0 Å². The number of carbonyl (C=O) groups excluding carboxylic acids is 3. The van der Waals surface area contributed by atoms with Crippen LogP contribution in [0.5, 0.6) is 0 Å². The van der Waals surface area contributed by atoms with Crippen molar-refractivity contribution in [1.82, 2.24) is 16.0 Å². The number of amides is 3. The molecule has 5 unspecified atom stereocenters. The van der Waals surface area contributed by atoms with E-state index in [1.54, 1.807) is 0 Å². The first kappa shape index (κ1) is 28.0. The summed E-state index contributed by atoms with van der Waals surface area (Å²) in [7, 11) is 0. The highest BCUT2D eigenvalue weighted by molar-refractivity contribution is 5.94. The van der Waals surface area contributed by atoms with Crippen molar-refractivity contribution in [1.29, 1.82) is 0 Å². The Morgan fingerprint density at radius 3 is 2.12 bits per heavy atom. The molecule has 184 valence electrons. The van der Waals surface area contributed by atoms with Crippen LogP contribution in [-0.2, 0) is 25.6 Å². The van der Waals surface area contributed by atoms with Gasteiger partial charge in [0.1, 0.15) is 18.1 Å². The number of nitrogens with one attached hydrogen (secondary N) is 3. The van der Waals surface area contributed by atoms with Crippen molar-refractivity contribution in [2.24, 2.45) is 11.5 Å². The third-order valence-corrected chi connectivity index (χ3v) is 5.01. The quantitative estimate of drug-likeness (QED) is 0.163. The van der Waals surface area contributed by atoms with Gasteiger partial charge in [-0.05, 0) is 51.6 Å². The van der Waals surface area contributed by atoms with E-state index >= 15 is 0 Å². The maximum atomic E-state index is 12.9. The van der Waals surface area contributed by atoms with Crippen LogP contribution in [0.25, 0.3) is 0 Å². The third-order valence-electron chi connectivity index (χ3n) is 5.01. The Hall–Kier alpha value is -3.02. The molecule has 0 saturated carbocycles. The third kappa shape index (κ3) is 9.98. The number of aliphatic hydroxyl groups excluding tert-OH is 1. The Morgan fingerprint density at radius 1 is 0.939 bits per heavy atom. The van der Waals surface area contributed by atoms with Gasteiger partial charge in [-0.15, -0.1) is 0 Å². The lowest BCUT2D eigenvalue weighted by Gasteiger charge is -2.26. The van der Waals surface area contributed by atoms with E-state index < -0.39 is 54.0 Å². The second kappa shape index (κ2) is 14.2. The first-order valence-corrected chi connectivity index (χ1v) is 10.9. The molecular weight excluding hydrogens is 430 g/mol. The second-order valence-corrected chi connectivity index (χ2v) is 7.94. The summed E-state index contributed by atoms with van der Waals surface area (Å²) in [4.78, 5) is 48.9. The van der Waals surface area contributed by atoms with Gasteiger partial charge in [0, 0.05) is 0 Å². The molecular formula is C22H35N5O6. The number of rotatable bonds is 14. The number of carboxylic acids is 1. The van der Waals surface area contributed by atoms with Crippen molar-refractivity contribution in [2.75, 3.05) is 6.54 Å². The van der Waals surface area contributed by atoms with Crippen LogP contribution in [0.1, 0.15) is 38.7 Å². The van der Waals surface area contributed by atoms with Crippen LogP contribution in [0.15, 0.2) is 30.3 Å². The summed E-state index contributed by atoms with van der Waals surface area (Å²) in [5.74, 6) is -3.36. The van der Waals surface area contributed by atoms with E-state index in [0.29, 0.717) is 19.4 Å². The summed E-state index contributed by atoms with van der Waals surface area (Å²) >= 11 is 0. The number of carboxylic acid groups (broad SMARTS) is 1. The maximum absolute atomic E-state index is 12.9. The predicted octanol–water partition coefficient (Wildman–Crippen LogP) is -1.37. The molecule has 1 aromatic carbocycles. The monoisotopic (exact) mass is 465 g/mol. The average molecular weight is 466 g/mol. The van der Waals surface area contributed by atoms with Crippen LogP contribution < -0.4 is 27.4 Å². The number of unbranched alkanes of at least 4 members (excludes halogenated alkanes) is 1. The van der Waals surface area contributed by atoms with E-state index in [9.17, 15) is 24.3 Å². The van der Waals surface area contributed by atoms with Gasteiger partial charge in [-0.25, -0.2) is 0 Å². The zero-order valence-electron chi connectivity index (χ0n) is 19.0. The van der Waals surface area contributed by atoms with Gasteiger partial charge in [-0.2, -0.15) is 0 Å². The summed E-state index contributed by atoms with van der Waals surface area (Å²) in [6, 6.07) is 4.63. The molecule has 0 aliphatic carbocycles. The van der Waals surface area contributed by atoms with Crippen molar-refractivity contribution in [2.45, 2.75) is 69.8 Å². The molecule has 11 heteroatoms. The van der Waals surface area contributed by atoms with Gasteiger partial charge in [0.25, 0.3) is 0 Å². The molecule has 0 heterocycles. The molecule has 0 aliphatic heterocycles. The van der Waals surface area contributed by atoms with E-state index in [4.69, 9.17) is 16.6 Å². The zero-order chi connectivity index (χ0) is 25.0. The van der Waals surface area contributed by atoms with E-state index in [1.165, 1.54) is 13.8 Å². The smallest absolute Gasteiger partial charge is 0.325 e. The molecule has 0 radical (unpaired) electrons. The number of hydrogen-bond acceptors (Lipinski definition) is 7. The first-order chi connectivity index (χ1) is 15.6. The minimum absolute atomic E-state index is 0.243. The van der Waals surface area contributed by atoms with Crippen molar-refractivity contribution in [3.8, 4) is 0 Å². The van der Waals surface area contributed by atoms with Crippen LogP contribution in [0, 0.1) is 0 Å². The Morgan fingerprint density at radius 2 is 1.58 bits per heavy atom. The largest absolute Gasteiger partial charge is 0.480 e. The Kier molecular flexibility index (Phi) is 12.0. The Balaban J connectivity index is 2.87.